The number of aromatic hydroxyl groups is 2. The standard InChI is InChI=1S/C18H14N2O4S/c1-2-24-14-5-3-4-11-16(14)20-17(23)15(25-18(20)19-11)9-10-6-7-12(21)13(22)8-10/h3-9,21-22H,2H2,1H3/b15-9-. The normalized spacial score (nSPS) is 12.3. The molecule has 0 unspecified atom stereocenters. The Kier molecular flexibility index (Phi) is 3.58. The first-order valence-electron chi connectivity index (χ1n) is 7.69. The van der Waals surface area contributed by atoms with Crippen molar-refractivity contribution in [3.63, 3.8) is 0 Å². The van der Waals surface area contributed by atoms with Crippen molar-refractivity contribution in [3.05, 3.63) is 56.8 Å². The minimum absolute atomic E-state index is 0.192. The van der Waals surface area contributed by atoms with Crippen molar-refractivity contribution in [2.45, 2.75) is 6.92 Å². The van der Waals surface area contributed by atoms with Gasteiger partial charge in [0, 0.05) is 0 Å². The molecule has 4 aromatic rings. The van der Waals surface area contributed by atoms with Gasteiger partial charge >= 0.3 is 0 Å². The number of hydrogen-bond donors (Lipinski definition) is 2. The molecule has 0 atom stereocenters. The van der Waals surface area contributed by atoms with Gasteiger partial charge in [-0.1, -0.05) is 23.5 Å². The number of nitrogens with zero attached hydrogens (tertiary/aromatic N) is 2. The van der Waals surface area contributed by atoms with Crippen molar-refractivity contribution >= 4 is 33.4 Å². The largest absolute Gasteiger partial charge is 0.504 e. The third-order valence-electron chi connectivity index (χ3n) is 3.82. The quantitative estimate of drug-likeness (QED) is 0.552. The fourth-order valence-corrected chi connectivity index (χ4v) is 3.71. The molecule has 2 N–H and O–H groups in total. The highest BCUT2D eigenvalue weighted by atomic mass is 32.1. The van der Waals surface area contributed by atoms with Crippen LogP contribution in [-0.2, 0) is 0 Å². The second-order valence-corrected chi connectivity index (χ2v) is 6.46. The molecule has 0 aliphatic rings. The molecule has 2 heterocycles. The van der Waals surface area contributed by atoms with E-state index in [1.807, 2.05) is 25.1 Å². The van der Waals surface area contributed by atoms with E-state index >= 15 is 0 Å². The molecule has 0 saturated heterocycles. The van der Waals surface area contributed by atoms with Gasteiger partial charge in [-0.25, -0.2) is 9.38 Å². The summed E-state index contributed by atoms with van der Waals surface area (Å²) in [6.07, 6.45) is 1.66. The zero-order valence-electron chi connectivity index (χ0n) is 13.3. The number of imidazole rings is 1. The molecule has 0 saturated carbocycles. The average Bonchev–Trinajstić information content (AvgIpc) is 3.09. The Balaban J connectivity index is 1.98. The maximum Gasteiger partial charge on any atom is 0.275 e. The van der Waals surface area contributed by atoms with Gasteiger partial charge in [-0.05, 0) is 42.8 Å². The van der Waals surface area contributed by atoms with Crippen LogP contribution in [0.1, 0.15) is 12.5 Å². The fourth-order valence-electron chi connectivity index (χ4n) is 2.73. The lowest BCUT2D eigenvalue weighted by molar-refractivity contribution is 0.343. The van der Waals surface area contributed by atoms with E-state index < -0.39 is 0 Å². The second kappa shape index (κ2) is 5.78. The van der Waals surface area contributed by atoms with E-state index in [2.05, 4.69) is 4.98 Å². The molecule has 6 nitrogen and oxygen atoms in total. The van der Waals surface area contributed by atoms with E-state index in [0.717, 1.165) is 0 Å². The zero-order chi connectivity index (χ0) is 17.6. The molecule has 2 aromatic carbocycles. The van der Waals surface area contributed by atoms with Gasteiger partial charge in [0.15, 0.2) is 16.5 Å². The lowest BCUT2D eigenvalue weighted by atomic mass is 10.2. The highest BCUT2D eigenvalue weighted by Crippen LogP contribution is 2.27. The average molecular weight is 354 g/mol. The highest BCUT2D eigenvalue weighted by molar-refractivity contribution is 7.15. The molecule has 0 aliphatic carbocycles. The van der Waals surface area contributed by atoms with Crippen molar-refractivity contribution in [2.24, 2.45) is 0 Å². The summed E-state index contributed by atoms with van der Waals surface area (Å²) in [6.45, 7) is 2.38. The molecule has 4 rings (SSSR count). The van der Waals surface area contributed by atoms with E-state index in [-0.39, 0.29) is 17.1 Å². The number of aromatic nitrogens is 2. The van der Waals surface area contributed by atoms with Gasteiger partial charge in [0.25, 0.3) is 5.56 Å². The highest BCUT2D eigenvalue weighted by Gasteiger charge is 2.15. The van der Waals surface area contributed by atoms with Crippen LogP contribution >= 0.6 is 11.3 Å². The third kappa shape index (κ3) is 2.49. The van der Waals surface area contributed by atoms with Crippen LogP contribution in [0.4, 0.5) is 0 Å². The molecule has 7 heteroatoms. The molecule has 2 aromatic heterocycles. The van der Waals surface area contributed by atoms with Crippen LogP contribution < -0.4 is 14.8 Å². The Morgan fingerprint density at radius 1 is 1.24 bits per heavy atom. The van der Waals surface area contributed by atoms with Crippen LogP contribution in [0, 0.1) is 0 Å². The lowest BCUT2D eigenvalue weighted by Crippen LogP contribution is -2.22. The maximum atomic E-state index is 12.9. The third-order valence-corrected chi connectivity index (χ3v) is 4.79. The van der Waals surface area contributed by atoms with Crippen LogP contribution in [-0.4, -0.2) is 26.2 Å². The van der Waals surface area contributed by atoms with Crippen LogP contribution in [0.5, 0.6) is 17.2 Å². The number of hydrogen-bond acceptors (Lipinski definition) is 6. The summed E-state index contributed by atoms with van der Waals surface area (Å²) in [5.74, 6) is 0.190. The molecular formula is C18H14N2O4S. The van der Waals surface area contributed by atoms with Crippen molar-refractivity contribution in [3.8, 4) is 17.2 Å². The van der Waals surface area contributed by atoms with Gasteiger partial charge in [-0.2, -0.15) is 0 Å². The Morgan fingerprint density at radius 3 is 2.84 bits per heavy atom. The number of ether oxygens (including phenoxy) is 1. The van der Waals surface area contributed by atoms with E-state index in [1.54, 1.807) is 16.5 Å². The van der Waals surface area contributed by atoms with Gasteiger partial charge in [-0.15, -0.1) is 0 Å². The number of phenolic OH excluding ortho intramolecular Hbond substituents is 2. The summed E-state index contributed by atoms with van der Waals surface area (Å²) >= 11 is 1.27. The predicted molar refractivity (Wildman–Crippen MR) is 96.6 cm³/mol. The number of phenols is 2. The van der Waals surface area contributed by atoms with Crippen molar-refractivity contribution < 1.29 is 14.9 Å². The molecule has 126 valence electrons. The molecule has 0 spiro atoms. The molecule has 0 amide bonds. The maximum absolute atomic E-state index is 12.9. The summed E-state index contributed by atoms with van der Waals surface area (Å²) in [6, 6.07) is 9.92. The number of benzene rings is 2. The number of para-hydroxylation sites is 1. The first-order chi connectivity index (χ1) is 12.1. The molecular weight excluding hydrogens is 340 g/mol. The first kappa shape index (κ1) is 15.5. The van der Waals surface area contributed by atoms with Gasteiger partial charge in [0.2, 0.25) is 0 Å². The van der Waals surface area contributed by atoms with E-state index in [1.165, 1.54) is 23.5 Å². The van der Waals surface area contributed by atoms with Crippen LogP contribution in [0.25, 0.3) is 22.1 Å². The van der Waals surface area contributed by atoms with Gasteiger partial charge in [0.1, 0.15) is 11.3 Å². The van der Waals surface area contributed by atoms with Crippen LogP contribution in [0.2, 0.25) is 0 Å². The van der Waals surface area contributed by atoms with E-state index in [0.29, 0.717) is 38.4 Å². The topological polar surface area (TPSA) is 84.1 Å². The smallest absolute Gasteiger partial charge is 0.275 e. The van der Waals surface area contributed by atoms with Crippen molar-refractivity contribution in [1.29, 1.82) is 0 Å². The molecule has 0 aliphatic heterocycles. The monoisotopic (exact) mass is 354 g/mol. The number of thiazole rings is 1. The summed E-state index contributed by atoms with van der Waals surface area (Å²) in [4.78, 5) is 17.9. The molecule has 0 fully saturated rings. The number of fused-ring (bicyclic) bond motifs is 3. The second-order valence-electron chi connectivity index (χ2n) is 5.45. The Hall–Kier alpha value is -3.06. The SMILES string of the molecule is CCOc1cccc2nc3s/c(=C\c4ccc(O)c(O)c4)c(=O)n3c12. The van der Waals surface area contributed by atoms with Gasteiger partial charge in [-0.3, -0.25) is 4.79 Å². The molecule has 0 bridgehead atoms. The Bertz CT molecular complexity index is 1210. The Morgan fingerprint density at radius 2 is 2.08 bits per heavy atom. The van der Waals surface area contributed by atoms with Gasteiger partial charge < -0.3 is 14.9 Å². The van der Waals surface area contributed by atoms with E-state index in [4.69, 9.17) is 4.74 Å². The predicted octanol–water partition coefficient (Wildman–Crippen LogP) is 2.27. The summed E-state index contributed by atoms with van der Waals surface area (Å²) in [7, 11) is 0. The van der Waals surface area contributed by atoms with Gasteiger partial charge in [0.05, 0.1) is 16.7 Å². The molecule has 25 heavy (non-hydrogen) atoms. The minimum atomic E-state index is -0.230. The van der Waals surface area contributed by atoms with E-state index in [9.17, 15) is 15.0 Å². The van der Waals surface area contributed by atoms with Crippen LogP contribution in [0.15, 0.2) is 41.2 Å². The van der Waals surface area contributed by atoms with Crippen molar-refractivity contribution in [1.82, 2.24) is 9.38 Å². The zero-order valence-corrected chi connectivity index (χ0v) is 14.1. The number of rotatable bonds is 3. The summed E-state index contributed by atoms with van der Waals surface area (Å²) < 4.78 is 7.67. The summed E-state index contributed by atoms with van der Waals surface area (Å²) in [5, 5.41) is 19.0. The minimum Gasteiger partial charge on any atom is -0.504 e. The summed E-state index contributed by atoms with van der Waals surface area (Å²) in [5.41, 5.74) is 1.80. The Labute approximate surface area is 145 Å². The lowest BCUT2D eigenvalue weighted by Gasteiger charge is -2.03. The fraction of sp³-hybridized carbons (Fsp3) is 0.111. The van der Waals surface area contributed by atoms with Crippen molar-refractivity contribution in [2.75, 3.05) is 6.61 Å². The first-order valence-corrected chi connectivity index (χ1v) is 8.50. The van der Waals surface area contributed by atoms with Crippen LogP contribution in [0.3, 0.4) is 0 Å². The molecule has 0 radical (unpaired) electrons.